The minimum absolute atomic E-state index is 0.0267. The van der Waals surface area contributed by atoms with Gasteiger partial charge in [-0.1, -0.05) is 19.0 Å². The van der Waals surface area contributed by atoms with Crippen LogP contribution in [0.15, 0.2) is 15.4 Å². The number of nitrogens with zero attached hydrogens (tertiary/aromatic N) is 1. The molecule has 4 heteroatoms. The van der Waals surface area contributed by atoms with E-state index in [1.165, 1.54) is 0 Å². The molecule has 0 aromatic carbocycles. The maximum Gasteiger partial charge on any atom is 0.240 e. The van der Waals surface area contributed by atoms with Crippen LogP contribution in [0, 0.1) is 6.92 Å². The predicted octanol–water partition coefficient (Wildman–Crippen LogP) is 1.95. The number of pyridine rings is 1. The van der Waals surface area contributed by atoms with Crippen LogP contribution in [0.3, 0.4) is 0 Å². The van der Waals surface area contributed by atoms with Crippen molar-refractivity contribution >= 4 is 11.1 Å². The van der Waals surface area contributed by atoms with Gasteiger partial charge in [0.2, 0.25) is 5.71 Å². The zero-order valence-electron chi connectivity index (χ0n) is 8.42. The molecule has 0 unspecified atom stereocenters. The smallest absolute Gasteiger partial charge is 0.240 e. The molecule has 0 atom stereocenters. The van der Waals surface area contributed by atoms with Crippen molar-refractivity contribution in [2.24, 2.45) is 0 Å². The van der Waals surface area contributed by atoms with E-state index < -0.39 is 0 Å². The molecule has 0 bridgehead atoms. The van der Waals surface area contributed by atoms with Crippen LogP contribution in [0.2, 0.25) is 0 Å². The van der Waals surface area contributed by atoms with E-state index in [1.54, 1.807) is 6.07 Å². The van der Waals surface area contributed by atoms with Crippen LogP contribution in [0.4, 0.5) is 0 Å². The van der Waals surface area contributed by atoms with Gasteiger partial charge in [0.25, 0.3) is 0 Å². The van der Waals surface area contributed by atoms with Gasteiger partial charge in [0.15, 0.2) is 5.43 Å². The SMILES string of the molecule is Cc1cc(=O)c2c(C(C)C)noc2[nH]1. The molecular formula is C10H12N2O2. The Morgan fingerprint density at radius 1 is 1.50 bits per heavy atom. The number of fused-ring (bicyclic) bond motifs is 1. The van der Waals surface area contributed by atoms with E-state index in [0.29, 0.717) is 11.1 Å². The largest absolute Gasteiger partial charge is 0.337 e. The highest BCUT2D eigenvalue weighted by Crippen LogP contribution is 2.20. The van der Waals surface area contributed by atoms with E-state index >= 15 is 0 Å². The number of hydrogen-bond acceptors (Lipinski definition) is 3. The number of hydrogen-bond donors (Lipinski definition) is 1. The van der Waals surface area contributed by atoms with Gasteiger partial charge in [-0.2, -0.15) is 0 Å². The van der Waals surface area contributed by atoms with Gasteiger partial charge in [-0.3, -0.25) is 4.79 Å². The van der Waals surface area contributed by atoms with Crippen molar-refractivity contribution < 1.29 is 4.52 Å². The molecule has 0 aliphatic rings. The molecule has 0 aliphatic heterocycles. The van der Waals surface area contributed by atoms with Gasteiger partial charge in [-0.05, 0) is 12.8 Å². The average molecular weight is 192 g/mol. The highest BCUT2D eigenvalue weighted by molar-refractivity contribution is 5.76. The van der Waals surface area contributed by atoms with Crippen LogP contribution in [-0.2, 0) is 0 Å². The molecule has 2 rings (SSSR count). The Balaban J connectivity index is 2.86. The summed E-state index contributed by atoms with van der Waals surface area (Å²) in [4.78, 5) is 14.6. The van der Waals surface area contributed by atoms with E-state index in [1.807, 2.05) is 20.8 Å². The number of aromatic amines is 1. The van der Waals surface area contributed by atoms with Crippen LogP contribution < -0.4 is 5.43 Å². The predicted molar refractivity (Wildman–Crippen MR) is 53.5 cm³/mol. The normalized spacial score (nSPS) is 11.4. The lowest BCUT2D eigenvalue weighted by atomic mass is 10.1. The summed E-state index contributed by atoms with van der Waals surface area (Å²) in [6.07, 6.45) is 0. The van der Waals surface area contributed by atoms with Crippen molar-refractivity contribution in [2.45, 2.75) is 26.7 Å². The number of aromatic nitrogens is 2. The highest BCUT2D eigenvalue weighted by Gasteiger charge is 2.14. The first-order valence-corrected chi connectivity index (χ1v) is 4.59. The summed E-state index contributed by atoms with van der Waals surface area (Å²) < 4.78 is 5.07. The molecule has 2 aromatic rings. The Bertz CT molecular complexity index is 522. The maximum absolute atomic E-state index is 11.7. The Hall–Kier alpha value is -1.58. The van der Waals surface area contributed by atoms with E-state index in [9.17, 15) is 4.79 Å². The van der Waals surface area contributed by atoms with Gasteiger partial charge in [0.1, 0.15) is 5.39 Å². The molecule has 0 aliphatic carbocycles. The fourth-order valence-corrected chi connectivity index (χ4v) is 1.50. The van der Waals surface area contributed by atoms with Gasteiger partial charge < -0.3 is 9.51 Å². The molecule has 0 saturated carbocycles. The summed E-state index contributed by atoms with van der Waals surface area (Å²) >= 11 is 0. The molecule has 4 nitrogen and oxygen atoms in total. The first kappa shape index (κ1) is 8.99. The first-order valence-electron chi connectivity index (χ1n) is 4.59. The molecule has 0 fully saturated rings. The zero-order valence-corrected chi connectivity index (χ0v) is 8.42. The van der Waals surface area contributed by atoms with E-state index in [4.69, 9.17) is 4.52 Å². The number of nitrogens with one attached hydrogen (secondary N) is 1. The summed E-state index contributed by atoms with van der Waals surface area (Å²) in [5, 5.41) is 4.47. The minimum Gasteiger partial charge on any atom is -0.337 e. The molecule has 74 valence electrons. The second kappa shape index (κ2) is 2.97. The topological polar surface area (TPSA) is 58.9 Å². The Morgan fingerprint density at radius 3 is 2.86 bits per heavy atom. The van der Waals surface area contributed by atoms with E-state index in [0.717, 1.165) is 11.4 Å². The second-order valence-corrected chi connectivity index (χ2v) is 3.74. The standard InChI is InChI=1S/C10H12N2O2/c1-5(2)9-8-7(13)4-6(3)11-10(8)14-12-9/h4-5H,1-3H3,(H,11,13). The minimum atomic E-state index is -0.0267. The van der Waals surface area contributed by atoms with Crippen LogP contribution in [0.1, 0.15) is 31.2 Å². The van der Waals surface area contributed by atoms with Gasteiger partial charge in [0.05, 0.1) is 5.69 Å². The van der Waals surface area contributed by atoms with Gasteiger partial charge in [-0.25, -0.2) is 0 Å². The average Bonchev–Trinajstić information content (AvgIpc) is 2.47. The Labute approximate surface area is 80.9 Å². The fraction of sp³-hybridized carbons (Fsp3) is 0.400. The van der Waals surface area contributed by atoms with Crippen molar-refractivity contribution in [3.8, 4) is 0 Å². The molecule has 14 heavy (non-hydrogen) atoms. The lowest BCUT2D eigenvalue weighted by molar-refractivity contribution is 0.434. The van der Waals surface area contributed by atoms with Crippen LogP contribution in [0.5, 0.6) is 0 Å². The van der Waals surface area contributed by atoms with Gasteiger partial charge >= 0.3 is 0 Å². The Kier molecular flexibility index (Phi) is 1.91. The summed E-state index contributed by atoms with van der Waals surface area (Å²) in [5.41, 5.74) is 1.95. The molecule has 2 heterocycles. The highest BCUT2D eigenvalue weighted by atomic mass is 16.5. The quantitative estimate of drug-likeness (QED) is 0.751. The molecule has 0 amide bonds. The van der Waals surface area contributed by atoms with Crippen LogP contribution >= 0.6 is 0 Å². The zero-order chi connectivity index (χ0) is 10.3. The Morgan fingerprint density at radius 2 is 2.21 bits per heavy atom. The van der Waals surface area contributed by atoms with Crippen molar-refractivity contribution in [3.63, 3.8) is 0 Å². The van der Waals surface area contributed by atoms with E-state index in [-0.39, 0.29) is 11.3 Å². The molecule has 1 N–H and O–H groups in total. The van der Waals surface area contributed by atoms with Gasteiger partial charge in [-0.15, -0.1) is 0 Å². The third kappa shape index (κ3) is 1.23. The van der Waals surface area contributed by atoms with Crippen LogP contribution in [-0.4, -0.2) is 10.1 Å². The lowest BCUT2D eigenvalue weighted by Crippen LogP contribution is -2.04. The summed E-state index contributed by atoms with van der Waals surface area (Å²) in [7, 11) is 0. The number of aryl methyl sites for hydroxylation is 1. The first-order chi connectivity index (χ1) is 6.59. The lowest BCUT2D eigenvalue weighted by Gasteiger charge is -1.97. The fourth-order valence-electron chi connectivity index (χ4n) is 1.50. The van der Waals surface area contributed by atoms with Crippen molar-refractivity contribution in [1.29, 1.82) is 0 Å². The molecular weight excluding hydrogens is 180 g/mol. The van der Waals surface area contributed by atoms with Gasteiger partial charge in [0, 0.05) is 11.8 Å². The van der Waals surface area contributed by atoms with E-state index in [2.05, 4.69) is 10.1 Å². The maximum atomic E-state index is 11.7. The molecule has 2 aromatic heterocycles. The molecule has 0 spiro atoms. The monoisotopic (exact) mass is 192 g/mol. The van der Waals surface area contributed by atoms with Crippen molar-refractivity contribution in [1.82, 2.24) is 10.1 Å². The summed E-state index contributed by atoms with van der Waals surface area (Å²) in [6.45, 7) is 5.78. The molecule has 0 radical (unpaired) electrons. The van der Waals surface area contributed by atoms with Crippen LogP contribution in [0.25, 0.3) is 11.1 Å². The number of H-pyrrole nitrogens is 1. The third-order valence-corrected chi connectivity index (χ3v) is 2.17. The van der Waals surface area contributed by atoms with Crippen molar-refractivity contribution in [3.05, 3.63) is 27.7 Å². The summed E-state index contributed by atoms with van der Waals surface area (Å²) in [5.74, 6) is 0.194. The third-order valence-electron chi connectivity index (χ3n) is 2.17. The molecule has 0 saturated heterocycles. The second-order valence-electron chi connectivity index (χ2n) is 3.74. The summed E-state index contributed by atoms with van der Waals surface area (Å²) in [6, 6.07) is 1.56. The number of rotatable bonds is 1. The van der Waals surface area contributed by atoms with Crippen molar-refractivity contribution in [2.75, 3.05) is 0 Å².